The number of nitro groups is 1. The fourth-order valence-electron chi connectivity index (χ4n) is 2.02. The first kappa shape index (κ1) is 10.5. The highest BCUT2D eigenvalue weighted by atomic mass is 16.6. The number of pyridine rings is 1. The second-order valence-electron chi connectivity index (χ2n) is 3.99. The number of para-hydroxylation sites is 1. The first-order chi connectivity index (χ1) is 8.66. The Labute approximate surface area is 101 Å². The summed E-state index contributed by atoms with van der Waals surface area (Å²) in [6, 6.07) is 11.9. The molecule has 2 aliphatic rings. The molecule has 88 valence electrons. The van der Waals surface area contributed by atoms with Gasteiger partial charge in [-0.3, -0.25) is 14.9 Å². The molecule has 1 aromatic carbocycles. The molecule has 0 unspecified atom stereocenters. The van der Waals surface area contributed by atoms with Gasteiger partial charge in [-0.05, 0) is 23.6 Å². The number of aromatic amines is 1. The summed E-state index contributed by atoms with van der Waals surface area (Å²) in [6.45, 7) is 0. The molecule has 0 saturated heterocycles. The van der Waals surface area contributed by atoms with Crippen LogP contribution in [-0.4, -0.2) is 9.91 Å². The van der Waals surface area contributed by atoms with Crippen molar-refractivity contribution in [2.45, 2.75) is 0 Å². The molecule has 0 spiro atoms. The van der Waals surface area contributed by atoms with Gasteiger partial charge in [0.05, 0.1) is 16.2 Å². The van der Waals surface area contributed by atoms with E-state index >= 15 is 0 Å². The van der Waals surface area contributed by atoms with Gasteiger partial charge in [-0.15, -0.1) is 0 Å². The number of H-pyrrole nitrogens is 1. The van der Waals surface area contributed by atoms with Gasteiger partial charge in [0.25, 0.3) is 5.43 Å². The van der Waals surface area contributed by atoms with Crippen LogP contribution in [0.1, 0.15) is 0 Å². The zero-order valence-electron chi connectivity index (χ0n) is 9.21. The molecular weight excluding hydrogens is 232 g/mol. The van der Waals surface area contributed by atoms with E-state index in [1.54, 1.807) is 12.1 Å². The second kappa shape index (κ2) is 3.66. The number of fused-ring (bicyclic) bond motifs is 2. The van der Waals surface area contributed by atoms with Gasteiger partial charge in [-0.25, -0.2) is 0 Å². The number of hydrogen-bond acceptors (Lipinski definition) is 3. The van der Waals surface area contributed by atoms with Gasteiger partial charge in [-0.2, -0.15) is 0 Å². The van der Waals surface area contributed by atoms with Crippen LogP contribution in [0.3, 0.4) is 0 Å². The standard InChI is InChI=1S/C13H8N2O3/c16-13-9-7-8-3-1-2-4-10(8)14-11(9)5-6-12(13)15(17)18/h1-7,14H. The van der Waals surface area contributed by atoms with Gasteiger partial charge in [0.15, 0.2) is 0 Å². The van der Waals surface area contributed by atoms with Crippen LogP contribution in [0.25, 0.3) is 22.2 Å². The Balaban J connectivity index is 2.45. The number of rotatable bonds is 1. The zero-order chi connectivity index (χ0) is 12.7. The second-order valence-corrected chi connectivity index (χ2v) is 3.99. The first-order valence-corrected chi connectivity index (χ1v) is 5.36. The minimum atomic E-state index is -0.656. The van der Waals surface area contributed by atoms with Crippen molar-refractivity contribution in [3.63, 3.8) is 0 Å². The Hall–Kier alpha value is -2.69. The van der Waals surface area contributed by atoms with Gasteiger partial charge in [-0.1, -0.05) is 18.2 Å². The predicted octanol–water partition coefficient (Wildman–Crippen LogP) is 2.54. The van der Waals surface area contributed by atoms with Crippen LogP contribution in [0.4, 0.5) is 5.69 Å². The molecular formula is C13H8N2O3. The summed E-state index contributed by atoms with van der Waals surface area (Å²) in [5, 5.41) is 11.6. The Morgan fingerprint density at radius 2 is 1.89 bits per heavy atom. The summed E-state index contributed by atoms with van der Waals surface area (Å²) >= 11 is 0. The Kier molecular flexibility index (Phi) is 2.13. The van der Waals surface area contributed by atoms with E-state index in [-0.39, 0.29) is 0 Å². The maximum atomic E-state index is 12.0. The number of nitrogens with zero attached hydrogens (tertiary/aromatic N) is 1. The third kappa shape index (κ3) is 1.45. The molecule has 1 aromatic rings. The van der Waals surface area contributed by atoms with Gasteiger partial charge >= 0.3 is 5.69 Å². The molecule has 0 saturated carbocycles. The minimum absolute atomic E-state index is 0.336. The molecule has 0 amide bonds. The van der Waals surface area contributed by atoms with Crippen LogP contribution in [-0.2, 0) is 0 Å². The van der Waals surface area contributed by atoms with E-state index in [1.807, 2.05) is 24.3 Å². The lowest BCUT2D eigenvalue weighted by Crippen LogP contribution is -2.11. The van der Waals surface area contributed by atoms with Crippen molar-refractivity contribution < 1.29 is 4.92 Å². The maximum Gasteiger partial charge on any atom is 0.317 e. The average Bonchev–Trinajstić information content (AvgIpc) is 2.37. The lowest BCUT2D eigenvalue weighted by Gasteiger charge is -2.07. The van der Waals surface area contributed by atoms with Crippen LogP contribution in [0, 0.1) is 10.1 Å². The van der Waals surface area contributed by atoms with Crippen LogP contribution in [0.2, 0.25) is 0 Å². The zero-order valence-corrected chi connectivity index (χ0v) is 9.21. The van der Waals surface area contributed by atoms with E-state index in [2.05, 4.69) is 4.98 Å². The van der Waals surface area contributed by atoms with Crippen LogP contribution in [0.5, 0.6) is 0 Å². The fraction of sp³-hybridized carbons (Fsp3) is 0. The lowest BCUT2D eigenvalue weighted by atomic mass is 10.0. The number of hydrogen-bond donors (Lipinski definition) is 1. The van der Waals surface area contributed by atoms with Crippen molar-refractivity contribution in [2.75, 3.05) is 0 Å². The molecule has 1 N–H and O–H groups in total. The van der Waals surface area contributed by atoms with Crippen molar-refractivity contribution >= 4 is 16.6 Å². The van der Waals surface area contributed by atoms with Crippen LogP contribution in [0.15, 0.2) is 47.3 Å². The monoisotopic (exact) mass is 240 g/mol. The predicted molar refractivity (Wildman–Crippen MR) is 67.8 cm³/mol. The quantitative estimate of drug-likeness (QED) is 0.403. The third-order valence-corrected chi connectivity index (χ3v) is 2.90. The molecule has 0 radical (unpaired) electrons. The highest BCUT2D eigenvalue weighted by molar-refractivity contribution is 5.85. The molecule has 1 heterocycles. The number of nitrogens with one attached hydrogen (secondary N) is 1. The van der Waals surface area contributed by atoms with E-state index < -0.39 is 16.0 Å². The SMILES string of the molecule is O=c1c2cc3ccccc3[nH]c-2ccc1[N+](=O)[O-]. The minimum Gasteiger partial charge on any atom is -0.354 e. The fourth-order valence-corrected chi connectivity index (χ4v) is 2.02. The molecule has 3 rings (SSSR count). The lowest BCUT2D eigenvalue weighted by molar-refractivity contribution is -0.385. The van der Waals surface area contributed by atoms with Crippen LogP contribution < -0.4 is 5.43 Å². The van der Waals surface area contributed by atoms with E-state index in [0.29, 0.717) is 11.3 Å². The van der Waals surface area contributed by atoms with E-state index in [9.17, 15) is 14.9 Å². The summed E-state index contributed by atoms with van der Waals surface area (Å²) in [7, 11) is 0. The van der Waals surface area contributed by atoms with E-state index in [0.717, 1.165) is 10.9 Å². The molecule has 5 heteroatoms. The highest BCUT2D eigenvalue weighted by Crippen LogP contribution is 2.23. The summed E-state index contributed by atoms with van der Waals surface area (Å²) < 4.78 is 0. The van der Waals surface area contributed by atoms with Gasteiger partial charge in [0, 0.05) is 11.6 Å². The molecule has 5 nitrogen and oxygen atoms in total. The number of benzene rings is 2. The Bertz CT molecular complexity index is 792. The van der Waals surface area contributed by atoms with Crippen molar-refractivity contribution in [1.29, 1.82) is 0 Å². The smallest absolute Gasteiger partial charge is 0.317 e. The summed E-state index contributed by atoms with van der Waals surface area (Å²) in [5.74, 6) is 0. The maximum absolute atomic E-state index is 12.0. The molecule has 0 atom stereocenters. The van der Waals surface area contributed by atoms with Crippen molar-refractivity contribution in [3.8, 4) is 11.3 Å². The molecule has 0 bridgehead atoms. The van der Waals surface area contributed by atoms with Gasteiger partial charge < -0.3 is 4.98 Å². The van der Waals surface area contributed by atoms with Gasteiger partial charge in [0.1, 0.15) is 0 Å². The number of non-ortho nitro benzene ring substituents is 1. The molecule has 1 aliphatic carbocycles. The summed E-state index contributed by atoms with van der Waals surface area (Å²) in [6.07, 6.45) is 0. The van der Waals surface area contributed by atoms with Crippen molar-refractivity contribution in [1.82, 2.24) is 4.98 Å². The highest BCUT2D eigenvalue weighted by Gasteiger charge is 2.18. The molecule has 0 fully saturated rings. The van der Waals surface area contributed by atoms with Gasteiger partial charge in [0.2, 0.25) is 0 Å². The third-order valence-electron chi connectivity index (χ3n) is 2.90. The first-order valence-electron chi connectivity index (χ1n) is 5.36. The molecule has 0 aromatic heterocycles. The summed E-state index contributed by atoms with van der Waals surface area (Å²) in [4.78, 5) is 25.1. The largest absolute Gasteiger partial charge is 0.354 e. The number of nitro benzene ring substituents is 1. The summed E-state index contributed by atoms with van der Waals surface area (Å²) in [5.41, 5.74) is 0.871. The average molecular weight is 240 g/mol. The molecule has 1 aliphatic heterocycles. The van der Waals surface area contributed by atoms with E-state index in [1.165, 1.54) is 6.07 Å². The Morgan fingerprint density at radius 1 is 1.11 bits per heavy atom. The normalized spacial score (nSPS) is 10.9. The van der Waals surface area contributed by atoms with Crippen molar-refractivity contribution in [3.05, 3.63) is 62.8 Å². The van der Waals surface area contributed by atoms with Crippen LogP contribution >= 0.6 is 0 Å². The topological polar surface area (TPSA) is 76.0 Å². The number of aromatic nitrogens is 1. The Morgan fingerprint density at radius 3 is 2.67 bits per heavy atom. The molecule has 18 heavy (non-hydrogen) atoms. The van der Waals surface area contributed by atoms with Crippen molar-refractivity contribution in [2.24, 2.45) is 0 Å². The van der Waals surface area contributed by atoms with E-state index in [4.69, 9.17) is 0 Å².